The van der Waals surface area contributed by atoms with Gasteiger partial charge >= 0.3 is 18.1 Å². The number of thiophene rings is 3. The predicted molar refractivity (Wildman–Crippen MR) is 375 cm³/mol. The van der Waals surface area contributed by atoms with E-state index in [1.807, 2.05) is 34.3 Å². The molecule has 6 aromatic rings. The Morgan fingerprint density at radius 1 is 0.426 bits per heavy atom. The number of hydrogen-bond acceptors (Lipinski definition) is 18. The molecule has 516 valence electrons. The molecule has 31 heteroatoms. The summed E-state index contributed by atoms with van der Waals surface area (Å²) in [5.74, 6) is -1.57. The maximum Gasteiger partial charge on any atom is 0.319 e. The number of piperidine rings is 3. The molecule has 6 unspecified atom stereocenters. The number of amides is 6. The van der Waals surface area contributed by atoms with E-state index in [2.05, 4.69) is 47.9 Å². The first-order valence-electron chi connectivity index (χ1n) is 29.9. The van der Waals surface area contributed by atoms with Crippen LogP contribution in [0.1, 0.15) is 141 Å². The normalized spacial score (nSPS) is 20.7. The minimum atomic E-state index is -3.86. The van der Waals surface area contributed by atoms with Gasteiger partial charge in [0.2, 0.25) is 0 Å². The molecule has 3 aromatic carbocycles. The van der Waals surface area contributed by atoms with Gasteiger partial charge in [-0.2, -0.15) is 0 Å². The number of benzene rings is 3. The zero-order valence-corrected chi connectivity index (χ0v) is 60.3. The van der Waals surface area contributed by atoms with E-state index >= 15 is 0 Å². The molecule has 0 bridgehead atoms. The quantitative estimate of drug-likeness (QED) is 0.0400. The van der Waals surface area contributed by atoms with Crippen LogP contribution in [0.2, 0.25) is 15.1 Å². The number of anilines is 3. The third kappa shape index (κ3) is 17.9. The molecule has 94 heavy (non-hydrogen) atoms. The number of phenols is 3. The molecule has 6 heterocycles. The Labute approximate surface area is 593 Å². The summed E-state index contributed by atoms with van der Waals surface area (Å²) in [6.07, 6.45) is 12.2. The number of aromatic hydroxyl groups is 3. The van der Waals surface area contributed by atoms with Crippen molar-refractivity contribution in [3.05, 3.63) is 125 Å². The Morgan fingerprint density at radius 3 is 0.936 bits per heavy atom. The minimum absolute atomic E-state index is 0. The van der Waals surface area contributed by atoms with Gasteiger partial charge < -0.3 is 70.6 Å². The molecular formula is C63H83Cl3N9O12S6W-. The smallest absolute Gasteiger partial charge is 0.319 e. The zero-order chi connectivity index (χ0) is 63.9. The van der Waals surface area contributed by atoms with Gasteiger partial charge in [0.1, 0.15) is 14.7 Å². The number of nitrogens with one attached hydrogen (secondary N) is 9. The van der Waals surface area contributed by atoms with E-state index in [0.717, 1.165) is 113 Å². The molecule has 21 nitrogen and oxygen atoms in total. The van der Waals surface area contributed by atoms with Gasteiger partial charge in [-0.1, -0.05) is 49.7 Å². The SMILES string of the molecule is C.C.O=C(Nc1ccc(Cl)c(S(=O)(=O)C2CCCNC2)c1O)NC1CCCc2sccc21.O=C(Nc1ccc(Cl)c(S(=O)(=O)C2CCCNC2)c1O)NC1CCCc2sccc21.O=C(Nc1ccc(Cl)c(S(=O)(=O)C2CCCNC2)c1O)NC1CCCc2sccc21.[CH3-].[W]. The van der Waals surface area contributed by atoms with Crippen LogP contribution in [0, 0.1) is 7.43 Å². The van der Waals surface area contributed by atoms with Crippen LogP contribution < -0.4 is 47.9 Å². The third-order valence-electron chi connectivity index (χ3n) is 17.0. The van der Waals surface area contributed by atoms with Gasteiger partial charge in [0.25, 0.3) is 0 Å². The van der Waals surface area contributed by atoms with Crippen LogP contribution >= 0.6 is 68.8 Å². The second-order valence-electron chi connectivity index (χ2n) is 22.9. The summed E-state index contributed by atoms with van der Waals surface area (Å²) in [5.41, 5.74) is 3.40. The molecule has 0 radical (unpaired) electrons. The maximum absolute atomic E-state index is 13.1. The average molecular weight is 1640 g/mol. The molecule has 0 saturated carbocycles. The summed E-state index contributed by atoms with van der Waals surface area (Å²) in [7, 11) is -11.6. The summed E-state index contributed by atoms with van der Waals surface area (Å²) in [5, 5.41) is 61.7. The fraction of sp³-hybridized carbons (Fsp3) is 0.460. The summed E-state index contributed by atoms with van der Waals surface area (Å²) < 4.78 is 78.5. The van der Waals surface area contributed by atoms with Crippen molar-refractivity contribution in [3.8, 4) is 17.2 Å². The van der Waals surface area contributed by atoms with Gasteiger partial charge in [-0.05, 0) is 203 Å². The zero-order valence-electron chi connectivity index (χ0n) is 50.2. The van der Waals surface area contributed by atoms with Crippen molar-refractivity contribution in [1.29, 1.82) is 0 Å². The van der Waals surface area contributed by atoms with Crippen molar-refractivity contribution < 1.29 is 76.0 Å². The van der Waals surface area contributed by atoms with Gasteiger partial charge in [0.15, 0.2) is 46.8 Å². The number of sulfone groups is 3. The van der Waals surface area contributed by atoms with Crippen LogP contribution in [0.4, 0.5) is 31.4 Å². The number of halogens is 3. The fourth-order valence-corrected chi connectivity index (χ4v) is 22.4. The van der Waals surface area contributed by atoms with Crippen LogP contribution in [0.25, 0.3) is 0 Å². The van der Waals surface area contributed by atoms with Crippen LogP contribution in [-0.4, -0.2) is 114 Å². The minimum Gasteiger partial charge on any atom is -0.504 e. The van der Waals surface area contributed by atoms with Crippen LogP contribution in [0.5, 0.6) is 17.2 Å². The predicted octanol–water partition coefficient (Wildman–Crippen LogP) is 13.2. The molecule has 3 aliphatic carbocycles. The Hall–Kier alpha value is -4.74. The number of carbonyl (C=O) groups is 3. The second-order valence-corrected chi connectivity index (χ2v) is 33.6. The van der Waals surface area contributed by atoms with E-state index in [-0.39, 0.29) is 108 Å². The summed E-state index contributed by atoms with van der Waals surface area (Å²) in [4.78, 5) is 40.6. The number of rotatable bonds is 12. The molecular weight excluding hydrogens is 1560 g/mol. The topological polar surface area (TPSA) is 323 Å². The number of urea groups is 3. The van der Waals surface area contributed by atoms with Crippen LogP contribution in [0.3, 0.4) is 0 Å². The molecule has 3 fully saturated rings. The molecule has 3 aliphatic heterocycles. The van der Waals surface area contributed by atoms with Crippen molar-refractivity contribution in [2.45, 2.75) is 160 Å². The molecule has 6 aliphatic rings. The van der Waals surface area contributed by atoms with Crippen LogP contribution in [-0.2, 0) is 69.8 Å². The fourth-order valence-electron chi connectivity index (χ4n) is 12.4. The van der Waals surface area contributed by atoms with Crippen molar-refractivity contribution in [2.75, 3.05) is 55.2 Å². The van der Waals surface area contributed by atoms with Crippen molar-refractivity contribution in [2.24, 2.45) is 0 Å². The number of phenolic OH excluding ortho intramolecular Hbond substituents is 3. The number of aryl methyl sites for hydroxylation is 3. The Bertz CT molecular complexity index is 3550. The van der Waals surface area contributed by atoms with E-state index in [4.69, 9.17) is 34.8 Å². The monoisotopic (exact) mass is 1640 g/mol. The Balaban J connectivity index is 0.000000219. The maximum atomic E-state index is 13.1. The molecule has 3 aromatic heterocycles. The molecule has 6 atom stereocenters. The van der Waals surface area contributed by atoms with Crippen molar-refractivity contribution in [3.63, 3.8) is 0 Å². The van der Waals surface area contributed by atoms with E-state index in [1.54, 1.807) is 34.0 Å². The molecule has 3 saturated heterocycles. The molecule has 0 spiro atoms. The van der Waals surface area contributed by atoms with Gasteiger partial charge in [0, 0.05) is 55.3 Å². The van der Waals surface area contributed by atoms with Gasteiger partial charge in [0.05, 0.1) is 66.0 Å². The van der Waals surface area contributed by atoms with Gasteiger partial charge in [-0.3, -0.25) is 0 Å². The average Bonchev–Trinajstić information content (AvgIpc) is 1.15. The second kappa shape index (κ2) is 34.7. The summed E-state index contributed by atoms with van der Waals surface area (Å²) in [6.45, 7) is 3.21. The first kappa shape index (κ1) is 78.3. The molecule has 6 amide bonds. The Morgan fingerprint density at radius 2 is 0.691 bits per heavy atom. The van der Waals surface area contributed by atoms with Crippen LogP contribution in [0.15, 0.2) is 85.4 Å². The third-order valence-corrected chi connectivity index (χ3v) is 28.0. The van der Waals surface area contributed by atoms with E-state index in [9.17, 15) is 55.0 Å². The molecule has 12 rings (SSSR count). The van der Waals surface area contributed by atoms with Gasteiger partial charge in [-0.25, -0.2) is 39.6 Å². The number of fused-ring (bicyclic) bond motifs is 3. The first-order chi connectivity index (χ1) is 43.1. The standard InChI is InChI=1S/3C20H24ClN3O4S2.2CH4.CH3.W/c3*21-14-6-7-16(18(25)19(14)30(27,28)12-3-2-9-22-11-12)24-20(26)23-15-4-1-5-17-13(15)8-10-29-17;;;;/h3*6-8,10,12,15,22,25H,1-5,9,11H2,(H2,23,24,26);2*1H4;1H3;/q;;;;;-1;. The largest absolute Gasteiger partial charge is 0.504 e. The van der Waals surface area contributed by atoms with Crippen molar-refractivity contribution >= 4 is 133 Å². The first-order valence-corrected chi connectivity index (χ1v) is 38.3. The van der Waals surface area contributed by atoms with E-state index in [0.29, 0.717) is 38.9 Å². The van der Waals surface area contributed by atoms with Gasteiger partial charge in [-0.15, -0.1) is 34.0 Å². The van der Waals surface area contributed by atoms with Crippen molar-refractivity contribution in [1.82, 2.24) is 31.9 Å². The van der Waals surface area contributed by atoms with E-state index < -0.39 is 80.6 Å². The van der Waals surface area contributed by atoms with E-state index in [1.165, 1.54) is 51.0 Å². The Kier molecular flexibility index (Phi) is 28.8. The number of hydrogen-bond donors (Lipinski definition) is 12. The molecule has 12 N–H and O–H groups in total. The summed E-state index contributed by atoms with van der Waals surface area (Å²) in [6, 6.07) is 12.6. The number of carbonyl (C=O) groups excluding carboxylic acids is 3. The summed E-state index contributed by atoms with van der Waals surface area (Å²) >= 11 is 23.5.